The predicted octanol–water partition coefficient (Wildman–Crippen LogP) is 2.88. The molecular formula is C23H36N4O. The van der Waals surface area contributed by atoms with Crippen LogP contribution in [0, 0.1) is 0 Å². The molecule has 0 spiro atoms. The maximum absolute atomic E-state index is 12.2. The minimum Gasteiger partial charge on any atom is -0.378 e. The van der Waals surface area contributed by atoms with Gasteiger partial charge >= 0.3 is 0 Å². The van der Waals surface area contributed by atoms with Crippen molar-refractivity contribution in [1.29, 1.82) is 0 Å². The van der Waals surface area contributed by atoms with Gasteiger partial charge in [-0.2, -0.15) is 0 Å². The molecule has 5 heteroatoms. The third-order valence-corrected chi connectivity index (χ3v) is 5.84. The number of nitrogens with one attached hydrogen (secondary N) is 1. The van der Waals surface area contributed by atoms with E-state index in [0.29, 0.717) is 6.54 Å². The standard InChI is InChI=1S/C23H36N4O/c1-25(2)22-10-8-21(9-11-22)18-26-14-16-27(17-15-26)19-23(28)24-13-12-20-6-4-3-5-7-20/h6,8-11H,3-5,7,12-19H2,1-2H3,(H,24,28). The van der Waals surface area contributed by atoms with Gasteiger partial charge < -0.3 is 10.2 Å². The van der Waals surface area contributed by atoms with Crippen molar-refractivity contribution in [2.75, 3.05) is 58.3 Å². The molecule has 1 aromatic rings. The van der Waals surface area contributed by atoms with E-state index in [1.54, 1.807) is 0 Å². The summed E-state index contributed by atoms with van der Waals surface area (Å²) in [5, 5.41) is 3.10. The highest BCUT2D eigenvalue weighted by atomic mass is 16.2. The van der Waals surface area contributed by atoms with Gasteiger partial charge in [0.25, 0.3) is 0 Å². The quantitative estimate of drug-likeness (QED) is 0.700. The summed E-state index contributed by atoms with van der Waals surface area (Å²) in [6.45, 7) is 6.29. The summed E-state index contributed by atoms with van der Waals surface area (Å²) in [5.41, 5.74) is 4.12. The van der Waals surface area contributed by atoms with Crippen LogP contribution >= 0.6 is 0 Å². The van der Waals surface area contributed by atoms with Crippen molar-refractivity contribution in [1.82, 2.24) is 15.1 Å². The molecule has 1 fully saturated rings. The molecule has 0 radical (unpaired) electrons. The molecule has 1 saturated heterocycles. The van der Waals surface area contributed by atoms with E-state index in [0.717, 1.165) is 45.7 Å². The average molecular weight is 385 g/mol. The highest BCUT2D eigenvalue weighted by Gasteiger charge is 2.19. The Morgan fingerprint density at radius 2 is 1.75 bits per heavy atom. The third kappa shape index (κ3) is 6.64. The second kappa shape index (κ2) is 10.6. The van der Waals surface area contributed by atoms with E-state index in [4.69, 9.17) is 0 Å². The summed E-state index contributed by atoms with van der Waals surface area (Å²) in [6, 6.07) is 8.80. The molecule has 0 aromatic heterocycles. The van der Waals surface area contributed by atoms with Crippen molar-refractivity contribution in [2.24, 2.45) is 0 Å². The first kappa shape index (κ1) is 20.9. The van der Waals surface area contributed by atoms with Crippen LogP contribution in [0.25, 0.3) is 0 Å². The monoisotopic (exact) mass is 384 g/mol. The summed E-state index contributed by atoms with van der Waals surface area (Å²) in [7, 11) is 4.13. The number of hydrogen-bond donors (Lipinski definition) is 1. The molecule has 0 saturated carbocycles. The molecule has 3 rings (SSSR count). The summed E-state index contributed by atoms with van der Waals surface area (Å²) in [5.74, 6) is 0.170. The first-order valence-corrected chi connectivity index (χ1v) is 10.8. The molecule has 2 aliphatic rings. The molecule has 1 aliphatic carbocycles. The predicted molar refractivity (Wildman–Crippen MR) is 117 cm³/mol. The van der Waals surface area contributed by atoms with Crippen LogP contribution in [0.1, 0.15) is 37.7 Å². The summed E-state index contributed by atoms with van der Waals surface area (Å²) >= 11 is 0. The van der Waals surface area contributed by atoms with E-state index >= 15 is 0 Å². The van der Waals surface area contributed by atoms with Gasteiger partial charge in [0.2, 0.25) is 5.91 Å². The lowest BCUT2D eigenvalue weighted by Crippen LogP contribution is -2.49. The zero-order valence-corrected chi connectivity index (χ0v) is 17.6. The number of benzene rings is 1. The van der Waals surface area contributed by atoms with E-state index < -0.39 is 0 Å². The minimum atomic E-state index is 0.170. The molecule has 28 heavy (non-hydrogen) atoms. The Kier molecular flexibility index (Phi) is 7.92. The fraction of sp³-hybridized carbons (Fsp3) is 0.609. The van der Waals surface area contributed by atoms with Crippen LogP contribution in [0.3, 0.4) is 0 Å². The highest BCUT2D eigenvalue weighted by molar-refractivity contribution is 5.78. The van der Waals surface area contributed by atoms with Crippen molar-refractivity contribution in [2.45, 2.75) is 38.6 Å². The Labute approximate surface area is 170 Å². The lowest BCUT2D eigenvalue weighted by molar-refractivity contribution is -0.122. The van der Waals surface area contributed by atoms with Crippen LogP contribution < -0.4 is 10.2 Å². The van der Waals surface area contributed by atoms with E-state index in [2.05, 4.69) is 64.5 Å². The van der Waals surface area contributed by atoms with Gasteiger partial charge in [-0.3, -0.25) is 14.6 Å². The average Bonchev–Trinajstić information content (AvgIpc) is 2.71. The SMILES string of the molecule is CN(C)c1ccc(CN2CCN(CC(=O)NCCC3=CCCCC3)CC2)cc1. The van der Waals surface area contributed by atoms with Crippen molar-refractivity contribution >= 4 is 11.6 Å². The molecule has 1 amide bonds. The van der Waals surface area contributed by atoms with E-state index in [1.165, 1.54) is 42.5 Å². The minimum absolute atomic E-state index is 0.170. The molecule has 5 nitrogen and oxygen atoms in total. The van der Waals surface area contributed by atoms with Crippen LogP contribution in [0.4, 0.5) is 5.69 Å². The lowest BCUT2D eigenvalue weighted by Gasteiger charge is -2.34. The van der Waals surface area contributed by atoms with Crippen molar-refractivity contribution in [3.05, 3.63) is 41.5 Å². The maximum Gasteiger partial charge on any atom is 0.234 e. The highest BCUT2D eigenvalue weighted by Crippen LogP contribution is 2.19. The normalized spacial score (nSPS) is 18.6. The Balaban J connectivity index is 1.32. The Morgan fingerprint density at radius 1 is 1.04 bits per heavy atom. The Morgan fingerprint density at radius 3 is 2.39 bits per heavy atom. The second-order valence-corrected chi connectivity index (χ2v) is 8.32. The first-order valence-electron chi connectivity index (χ1n) is 10.8. The smallest absolute Gasteiger partial charge is 0.234 e. The van der Waals surface area contributed by atoms with Gasteiger partial charge in [-0.15, -0.1) is 0 Å². The van der Waals surface area contributed by atoms with E-state index in [-0.39, 0.29) is 5.91 Å². The van der Waals surface area contributed by atoms with Crippen LogP contribution in [-0.4, -0.2) is 69.1 Å². The van der Waals surface area contributed by atoms with Gasteiger partial charge in [0.1, 0.15) is 0 Å². The molecule has 0 atom stereocenters. The van der Waals surface area contributed by atoms with Gasteiger partial charge in [0.05, 0.1) is 6.54 Å². The molecular weight excluding hydrogens is 348 g/mol. The number of hydrogen-bond acceptors (Lipinski definition) is 4. The molecule has 1 aliphatic heterocycles. The van der Waals surface area contributed by atoms with E-state index in [1.807, 2.05) is 0 Å². The fourth-order valence-electron chi connectivity index (χ4n) is 4.02. The topological polar surface area (TPSA) is 38.8 Å². The zero-order chi connectivity index (χ0) is 19.8. The van der Waals surface area contributed by atoms with Crippen LogP contribution in [0.2, 0.25) is 0 Å². The van der Waals surface area contributed by atoms with Crippen molar-refractivity contribution < 1.29 is 4.79 Å². The number of allylic oxidation sites excluding steroid dienone is 1. The molecule has 0 bridgehead atoms. The van der Waals surface area contributed by atoms with Gasteiger partial charge in [-0.1, -0.05) is 23.8 Å². The van der Waals surface area contributed by atoms with Gasteiger partial charge in [0.15, 0.2) is 0 Å². The first-order chi connectivity index (χ1) is 13.6. The van der Waals surface area contributed by atoms with Crippen molar-refractivity contribution in [3.8, 4) is 0 Å². The largest absolute Gasteiger partial charge is 0.378 e. The van der Waals surface area contributed by atoms with Gasteiger partial charge in [-0.25, -0.2) is 0 Å². The number of nitrogens with zero attached hydrogens (tertiary/aromatic N) is 3. The summed E-state index contributed by atoms with van der Waals surface area (Å²) < 4.78 is 0. The fourth-order valence-corrected chi connectivity index (χ4v) is 4.02. The lowest BCUT2D eigenvalue weighted by atomic mass is 9.97. The second-order valence-electron chi connectivity index (χ2n) is 8.32. The third-order valence-electron chi connectivity index (χ3n) is 5.84. The van der Waals surface area contributed by atoms with Gasteiger partial charge in [0, 0.05) is 59.1 Å². The van der Waals surface area contributed by atoms with Crippen LogP contribution in [0.5, 0.6) is 0 Å². The van der Waals surface area contributed by atoms with Crippen LogP contribution in [-0.2, 0) is 11.3 Å². The molecule has 0 unspecified atom stereocenters. The zero-order valence-electron chi connectivity index (χ0n) is 17.6. The number of carbonyl (C=O) groups excluding carboxylic acids is 1. The molecule has 1 heterocycles. The number of rotatable bonds is 8. The Hall–Kier alpha value is -1.85. The molecule has 1 aromatic carbocycles. The maximum atomic E-state index is 12.2. The van der Waals surface area contributed by atoms with Crippen molar-refractivity contribution in [3.63, 3.8) is 0 Å². The summed E-state index contributed by atoms with van der Waals surface area (Å²) in [6.07, 6.45) is 8.45. The van der Waals surface area contributed by atoms with Gasteiger partial charge in [-0.05, 0) is 49.8 Å². The summed E-state index contributed by atoms with van der Waals surface area (Å²) in [4.78, 5) is 19.1. The molecule has 154 valence electrons. The number of anilines is 1. The molecule has 1 N–H and O–H groups in total. The number of amides is 1. The number of piperazine rings is 1. The number of carbonyl (C=O) groups is 1. The van der Waals surface area contributed by atoms with Crippen LogP contribution in [0.15, 0.2) is 35.9 Å². The van der Waals surface area contributed by atoms with E-state index in [9.17, 15) is 4.79 Å². The Bertz CT molecular complexity index is 645.